The highest BCUT2D eigenvalue weighted by Gasteiger charge is 2.24. The van der Waals surface area contributed by atoms with E-state index in [4.69, 9.17) is 30.3 Å². The van der Waals surface area contributed by atoms with E-state index in [1.807, 2.05) is 50.6 Å². The van der Waals surface area contributed by atoms with Crippen LogP contribution in [-0.2, 0) is 18.2 Å². The molecule has 4 rings (SSSR count). The molecule has 11 heteroatoms. The summed E-state index contributed by atoms with van der Waals surface area (Å²) in [5.74, 6) is 1.65. The van der Waals surface area contributed by atoms with Crippen molar-refractivity contribution < 1.29 is 14.6 Å². The number of ether oxygens (including phenoxy) is 2. The van der Waals surface area contributed by atoms with Crippen molar-refractivity contribution in [1.29, 1.82) is 0 Å². The zero-order valence-electron chi connectivity index (χ0n) is 23.8. The molecule has 3 aromatic rings. The first kappa shape index (κ1) is 28.3. The van der Waals surface area contributed by atoms with Gasteiger partial charge in [0, 0.05) is 26.3 Å². The van der Waals surface area contributed by atoms with Gasteiger partial charge >= 0.3 is 0 Å². The molecule has 0 aliphatic carbocycles. The first-order valence-corrected chi connectivity index (χ1v) is 13.6. The molecule has 11 nitrogen and oxygen atoms in total. The van der Waals surface area contributed by atoms with Crippen LogP contribution in [0.25, 0.3) is 22.9 Å². The first-order valence-electron chi connectivity index (χ1n) is 13.6. The van der Waals surface area contributed by atoms with Crippen molar-refractivity contribution in [1.82, 2.24) is 29.0 Å². The molecule has 2 bridgehead atoms. The second kappa shape index (κ2) is 12.4. The van der Waals surface area contributed by atoms with Crippen LogP contribution < -0.4 is 10.5 Å². The molecule has 2 unspecified atom stereocenters. The molecule has 0 saturated carbocycles. The number of hydrogen-bond acceptors (Lipinski definition) is 9. The Morgan fingerprint density at radius 1 is 1.26 bits per heavy atom. The molecule has 2 atom stereocenters. The summed E-state index contributed by atoms with van der Waals surface area (Å²) in [5.41, 5.74) is 11.2. The smallest absolute Gasteiger partial charge is 0.221 e. The maximum absolute atomic E-state index is 9.79. The predicted molar refractivity (Wildman–Crippen MR) is 153 cm³/mol. The number of imidazole rings is 1. The number of aliphatic hydroxyl groups is 1. The number of allylic oxidation sites excluding steroid dienone is 1. The van der Waals surface area contributed by atoms with Gasteiger partial charge in [-0.1, -0.05) is 13.8 Å². The van der Waals surface area contributed by atoms with Gasteiger partial charge in [-0.2, -0.15) is 5.10 Å². The first-order chi connectivity index (χ1) is 18.8. The summed E-state index contributed by atoms with van der Waals surface area (Å²) in [6, 6.07) is -0.308. The van der Waals surface area contributed by atoms with E-state index in [0.29, 0.717) is 37.0 Å². The summed E-state index contributed by atoms with van der Waals surface area (Å²) in [6.07, 6.45) is 9.92. The van der Waals surface area contributed by atoms with Crippen LogP contribution in [0.5, 0.6) is 5.88 Å². The van der Waals surface area contributed by atoms with Crippen molar-refractivity contribution in [3.05, 3.63) is 47.6 Å². The molecule has 0 spiro atoms. The fraction of sp³-hybridized carbons (Fsp3) is 0.500. The number of likely N-dealkylation sites (N-methyl/N-ethyl adjacent to an activating group) is 1. The lowest BCUT2D eigenvalue weighted by Crippen LogP contribution is -2.38. The number of nitrogens with two attached hydrogens (primary N) is 1. The molecule has 4 heterocycles. The van der Waals surface area contributed by atoms with Gasteiger partial charge in [-0.3, -0.25) is 19.3 Å². The van der Waals surface area contributed by atoms with Crippen molar-refractivity contribution in [2.24, 2.45) is 17.8 Å². The van der Waals surface area contributed by atoms with Gasteiger partial charge in [0.2, 0.25) is 5.88 Å². The number of aliphatic imine (C=N–C) groups is 1. The van der Waals surface area contributed by atoms with Gasteiger partial charge in [0.1, 0.15) is 11.9 Å². The lowest BCUT2D eigenvalue weighted by Gasteiger charge is -2.26. The van der Waals surface area contributed by atoms with Gasteiger partial charge in [0.25, 0.3) is 0 Å². The van der Waals surface area contributed by atoms with Crippen molar-refractivity contribution >= 4 is 17.3 Å². The average Bonchev–Trinajstić information content (AvgIpc) is 3.47. The van der Waals surface area contributed by atoms with E-state index in [0.717, 1.165) is 41.1 Å². The third-order valence-electron chi connectivity index (χ3n) is 6.66. The number of hydrogen-bond donors (Lipinski definition) is 2. The zero-order valence-corrected chi connectivity index (χ0v) is 23.8. The molecule has 0 radical (unpaired) electrons. The molecule has 0 fully saturated rings. The van der Waals surface area contributed by atoms with Crippen LogP contribution in [0.3, 0.4) is 0 Å². The minimum absolute atomic E-state index is 0.0790. The summed E-state index contributed by atoms with van der Waals surface area (Å²) in [7, 11) is 1.90. The monoisotopic (exact) mass is 536 g/mol. The second-order valence-electron chi connectivity index (χ2n) is 9.70. The van der Waals surface area contributed by atoms with E-state index < -0.39 is 0 Å². The highest BCUT2D eigenvalue weighted by Crippen LogP contribution is 2.33. The third-order valence-corrected chi connectivity index (χ3v) is 6.66. The maximum Gasteiger partial charge on any atom is 0.221 e. The van der Waals surface area contributed by atoms with E-state index in [9.17, 15) is 5.11 Å². The van der Waals surface area contributed by atoms with Crippen molar-refractivity contribution in [2.75, 3.05) is 32.8 Å². The van der Waals surface area contributed by atoms with Crippen molar-refractivity contribution in [3.63, 3.8) is 0 Å². The maximum atomic E-state index is 9.79. The Balaban J connectivity index is 1.95. The van der Waals surface area contributed by atoms with E-state index in [1.54, 1.807) is 17.1 Å². The van der Waals surface area contributed by atoms with Gasteiger partial charge in [0.05, 0.1) is 65.4 Å². The van der Waals surface area contributed by atoms with Gasteiger partial charge in [0.15, 0.2) is 5.88 Å². The SMILES string of the molecule is CCO/C(N)=C1\C=C\c2ncc3cnc(cn23)-c2c(CC)nn(C)c2OC(C)CN(CC)CC1=NC(C)CO. The van der Waals surface area contributed by atoms with Crippen LogP contribution in [0.1, 0.15) is 46.1 Å². The van der Waals surface area contributed by atoms with E-state index in [2.05, 4.69) is 23.7 Å². The Labute approximate surface area is 229 Å². The van der Waals surface area contributed by atoms with Crippen LogP contribution >= 0.6 is 0 Å². The Kier molecular flexibility index (Phi) is 9.03. The number of aromatic nitrogens is 5. The average molecular weight is 537 g/mol. The number of aryl methyl sites for hydroxylation is 2. The lowest BCUT2D eigenvalue weighted by atomic mass is 10.1. The molecule has 3 aromatic heterocycles. The minimum atomic E-state index is -0.308. The molecule has 1 aliphatic rings. The molecule has 0 saturated heterocycles. The summed E-state index contributed by atoms with van der Waals surface area (Å²) < 4.78 is 16.1. The van der Waals surface area contributed by atoms with Gasteiger partial charge < -0.3 is 20.3 Å². The van der Waals surface area contributed by atoms with Crippen LogP contribution in [0.15, 0.2) is 41.1 Å². The molecule has 3 N–H and O–H groups in total. The van der Waals surface area contributed by atoms with Gasteiger partial charge in [-0.15, -0.1) is 0 Å². The number of aliphatic hydroxyl groups excluding tert-OH is 1. The molecule has 0 aromatic carbocycles. The highest BCUT2D eigenvalue weighted by molar-refractivity contribution is 6.05. The van der Waals surface area contributed by atoms with Crippen molar-refractivity contribution in [3.8, 4) is 17.1 Å². The predicted octanol–water partition coefficient (Wildman–Crippen LogP) is 2.84. The Morgan fingerprint density at radius 2 is 2.03 bits per heavy atom. The summed E-state index contributed by atoms with van der Waals surface area (Å²) in [6.45, 7) is 12.2. The quantitative estimate of drug-likeness (QED) is 0.460. The van der Waals surface area contributed by atoms with E-state index >= 15 is 0 Å². The van der Waals surface area contributed by atoms with Crippen molar-refractivity contribution in [2.45, 2.75) is 53.2 Å². The standard InChI is InChI=1S/C28H40N8O3/c1-7-22-26-24-16-36-20(12-30-24)13-31-25(36)11-10-21(27(29)38-9-3)23(32-18(4)17-37)15-35(8-2)14-19(5)39-28(26)34(6)33-22/h10-13,16,18-19,37H,7-9,14-15,17,29H2,1-6H3/b11-10+,27-21+,32-23?. The Bertz CT molecular complexity index is 1390. The van der Waals surface area contributed by atoms with Crippen LogP contribution in [0, 0.1) is 0 Å². The number of rotatable bonds is 6. The zero-order chi connectivity index (χ0) is 28.1. The minimum Gasteiger partial charge on any atom is -0.479 e. The highest BCUT2D eigenvalue weighted by atomic mass is 16.5. The molecule has 39 heavy (non-hydrogen) atoms. The fourth-order valence-corrected chi connectivity index (χ4v) is 4.69. The largest absolute Gasteiger partial charge is 0.479 e. The molecular weight excluding hydrogens is 496 g/mol. The third kappa shape index (κ3) is 6.15. The van der Waals surface area contributed by atoms with E-state index in [-0.39, 0.29) is 24.6 Å². The Hall–Kier alpha value is -3.70. The number of fused-ring (bicyclic) bond motifs is 3. The second-order valence-corrected chi connectivity index (χ2v) is 9.70. The molecule has 1 aliphatic heterocycles. The van der Waals surface area contributed by atoms with Gasteiger partial charge in [-0.25, -0.2) is 9.67 Å². The lowest BCUT2D eigenvalue weighted by molar-refractivity contribution is 0.149. The Morgan fingerprint density at radius 3 is 2.72 bits per heavy atom. The normalized spacial score (nSPS) is 20.8. The summed E-state index contributed by atoms with van der Waals surface area (Å²) in [4.78, 5) is 16.5. The fourth-order valence-electron chi connectivity index (χ4n) is 4.69. The van der Waals surface area contributed by atoms with Crippen LogP contribution in [-0.4, -0.2) is 84.9 Å². The topological polar surface area (TPSA) is 128 Å². The molecule has 0 amide bonds. The number of nitrogens with zero attached hydrogens (tertiary/aromatic N) is 7. The van der Waals surface area contributed by atoms with E-state index in [1.165, 1.54) is 0 Å². The molecule has 210 valence electrons. The van der Waals surface area contributed by atoms with Crippen LogP contribution in [0.4, 0.5) is 0 Å². The summed E-state index contributed by atoms with van der Waals surface area (Å²) in [5, 5.41) is 14.5. The molecular formula is C28H40N8O3. The van der Waals surface area contributed by atoms with Crippen LogP contribution in [0.2, 0.25) is 0 Å². The summed E-state index contributed by atoms with van der Waals surface area (Å²) >= 11 is 0. The van der Waals surface area contributed by atoms with Gasteiger partial charge in [-0.05, 0) is 45.9 Å².